The molecule has 0 fully saturated rings. The van der Waals surface area contributed by atoms with Crippen molar-refractivity contribution in [3.05, 3.63) is 99.8 Å². The van der Waals surface area contributed by atoms with Crippen molar-refractivity contribution < 1.29 is 18.8 Å². The number of aryl methyl sites for hydroxylation is 1. The van der Waals surface area contributed by atoms with Crippen molar-refractivity contribution in [1.29, 1.82) is 0 Å². The third-order valence-corrected chi connectivity index (χ3v) is 6.83. The SMILES string of the molecule is O=C(O[C@H]1c2cc(CF)nn2CC[C@@H]1[C@@H]1c2ccccc2-c2cncn21)c1ccc([N+](=O)[O-])cc1. The van der Waals surface area contributed by atoms with Crippen LogP contribution in [0.15, 0.2) is 67.1 Å². The Balaban J connectivity index is 1.40. The van der Waals surface area contributed by atoms with E-state index in [4.69, 9.17) is 4.74 Å². The second kappa shape index (κ2) is 8.15. The molecule has 176 valence electrons. The number of halogens is 1. The van der Waals surface area contributed by atoms with Gasteiger partial charge in [-0.15, -0.1) is 0 Å². The molecule has 0 radical (unpaired) electrons. The molecule has 6 rings (SSSR count). The summed E-state index contributed by atoms with van der Waals surface area (Å²) in [5.74, 6) is -0.770. The number of rotatable bonds is 5. The Morgan fingerprint density at radius 2 is 2.00 bits per heavy atom. The molecule has 3 atom stereocenters. The minimum atomic E-state index is -0.717. The smallest absolute Gasteiger partial charge is 0.338 e. The lowest BCUT2D eigenvalue weighted by atomic mass is 9.82. The van der Waals surface area contributed by atoms with E-state index in [1.807, 2.05) is 18.3 Å². The number of ether oxygens (including phenoxy) is 1. The standard InChI is InChI=1S/C25H20FN5O4/c26-12-16-11-21-24(35-25(32)15-5-7-17(8-6-15)31(33)34)20(9-10-30(21)28-16)23-19-4-2-1-3-18(19)22-13-27-14-29(22)23/h1-8,11,13-14,20,23-24H,9-10,12H2/t20-,23+,24-/m1/s1. The highest BCUT2D eigenvalue weighted by Crippen LogP contribution is 2.50. The van der Waals surface area contributed by atoms with Gasteiger partial charge in [-0.05, 0) is 30.2 Å². The number of hydrogen-bond acceptors (Lipinski definition) is 6. The third-order valence-electron chi connectivity index (χ3n) is 6.83. The quantitative estimate of drug-likeness (QED) is 0.237. The van der Waals surface area contributed by atoms with Gasteiger partial charge in [-0.3, -0.25) is 14.8 Å². The van der Waals surface area contributed by atoms with Crippen molar-refractivity contribution in [2.24, 2.45) is 5.92 Å². The van der Waals surface area contributed by atoms with Gasteiger partial charge in [0.05, 0.1) is 46.1 Å². The first-order valence-corrected chi connectivity index (χ1v) is 11.2. The maximum absolute atomic E-state index is 13.5. The first-order chi connectivity index (χ1) is 17.0. The normalized spacial score (nSPS) is 20.1. The van der Waals surface area contributed by atoms with Gasteiger partial charge in [0.25, 0.3) is 5.69 Å². The number of carbonyl (C=O) groups excluding carboxylic acids is 1. The molecule has 0 amide bonds. The van der Waals surface area contributed by atoms with Crippen LogP contribution >= 0.6 is 0 Å². The van der Waals surface area contributed by atoms with E-state index >= 15 is 0 Å². The molecule has 9 nitrogen and oxygen atoms in total. The molecular weight excluding hydrogens is 453 g/mol. The van der Waals surface area contributed by atoms with Crippen LogP contribution in [0, 0.1) is 16.0 Å². The molecule has 4 heterocycles. The van der Waals surface area contributed by atoms with Gasteiger partial charge in [0, 0.05) is 30.2 Å². The maximum Gasteiger partial charge on any atom is 0.338 e. The van der Waals surface area contributed by atoms with Crippen LogP contribution in [0.1, 0.15) is 45.9 Å². The molecule has 4 aromatic rings. The van der Waals surface area contributed by atoms with Gasteiger partial charge in [0.1, 0.15) is 12.8 Å². The molecule has 0 saturated heterocycles. The molecule has 0 saturated carbocycles. The van der Waals surface area contributed by atoms with Crippen LogP contribution in [0.3, 0.4) is 0 Å². The molecule has 0 aliphatic carbocycles. The number of esters is 1. The van der Waals surface area contributed by atoms with E-state index in [9.17, 15) is 19.3 Å². The number of carbonyl (C=O) groups is 1. The largest absolute Gasteiger partial charge is 0.452 e. The van der Waals surface area contributed by atoms with E-state index in [0.717, 1.165) is 16.8 Å². The van der Waals surface area contributed by atoms with Gasteiger partial charge in [-0.1, -0.05) is 24.3 Å². The number of nitro benzene ring substituents is 1. The number of fused-ring (bicyclic) bond motifs is 4. The van der Waals surface area contributed by atoms with Gasteiger partial charge in [-0.2, -0.15) is 5.10 Å². The predicted octanol–water partition coefficient (Wildman–Crippen LogP) is 4.65. The third kappa shape index (κ3) is 3.40. The van der Waals surface area contributed by atoms with Gasteiger partial charge in [0.15, 0.2) is 0 Å². The number of aromatic nitrogens is 4. The van der Waals surface area contributed by atoms with E-state index < -0.39 is 23.7 Å². The van der Waals surface area contributed by atoms with E-state index in [2.05, 4.69) is 26.8 Å². The summed E-state index contributed by atoms with van der Waals surface area (Å²) in [4.78, 5) is 28.0. The average Bonchev–Trinajstić information content (AvgIpc) is 3.59. The summed E-state index contributed by atoms with van der Waals surface area (Å²) in [6, 6.07) is 14.9. The Morgan fingerprint density at radius 3 is 2.77 bits per heavy atom. The summed E-state index contributed by atoms with van der Waals surface area (Å²) >= 11 is 0. The number of alkyl halides is 1. The van der Waals surface area contributed by atoms with Crippen LogP contribution in [0.4, 0.5) is 10.1 Å². The van der Waals surface area contributed by atoms with Crippen LogP contribution < -0.4 is 0 Å². The van der Waals surface area contributed by atoms with Crippen molar-refractivity contribution in [1.82, 2.24) is 19.3 Å². The Kier molecular flexibility index (Phi) is 4.94. The van der Waals surface area contributed by atoms with Crippen molar-refractivity contribution >= 4 is 11.7 Å². The first-order valence-electron chi connectivity index (χ1n) is 11.2. The molecule has 0 unspecified atom stereocenters. The Hall–Kier alpha value is -4.34. The summed E-state index contributed by atoms with van der Waals surface area (Å²) < 4.78 is 23.3. The molecule has 0 N–H and O–H groups in total. The van der Waals surface area contributed by atoms with Gasteiger partial charge in [-0.25, -0.2) is 14.2 Å². The monoisotopic (exact) mass is 473 g/mol. The van der Waals surface area contributed by atoms with Crippen molar-refractivity contribution in [3.8, 4) is 11.3 Å². The van der Waals surface area contributed by atoms with Gasteiger partial charge >= 0.3 is 5.97 Å². The van der Waals surface area contributed by atoms with E-state index in [1.165, 1.54) is 24.3 Å². The zero-order chi connectivity index (χ0) is 24.1. The van der Waals surface area contributed by atoms with Crippen LogP contribution in [0.25, 0.3) is 11.3 Å². The zero-order valence-electron chi connectivity index (χ0n) is 18.5. The fourth-order valence-corrected chi connectivity index (χ4v) is 5.29. The van der Waals surface area contributed by atoms with Gasteiger partial charge < -0.3 is 9.30 Å². The number of imidazole rings is 1. The Labute approximate surface area is 198 Å². The maximum atomic E-state index is 13.5. The zero-order valence-corrected chi connectivity index (χ0v) is 18.5. The summed E-state index contributed by atoms with van der Waals surface area (Å²) in [5.41, 5.74) is 4.20. The second-order valence-electron chi connectivity index (χ2n) is 8.72. The number of non-ortho nitro benzene ring substituents is 1. The van der Waals surface area contributed by atoms with Crippen molar-refractivity contribution in [2.75, 3.05) is 0 Å². The minimum absolute atomic E-state index is 0.113. The molecule has 0 bridgehead atoms. The molecule has 2 aliphatic heterocycles. The highest BCUT2D eigenvalue weighted by Gasteiger charge is 2.44. The van der Waals surface area contributed by atoms with Crippen LogP contribution in [0.2, 0.25) is 0 Å². The average molecular weight is 473 g/mol. The molecule has 35 heavy (non-hydrogen) atoms. The second-order valence-corrected chi connectivity index (χ2v) is 8.72. The van der Waals surface area contributed by atoms with E-state index in [1.54, 1.807) is 17.1 Å². The summed E-state index contributed by atoms with van der Waals surface area (Å²) in [6.45, 7) is -0.153. The summed E-state index contributed by atoms with van der Waals surface area (Å²) in [6.07, 6.45) is 3.56. The van der Waals surface area contributed by atoms with Crippen molar-refractivity contribution in [2.45, 2.75) is 31.8 Å². The fourth-order valence-electron chi connectivity index (χ4n) is 5.29. The van der Waals surface area contributed by atoms with Crippen molar-refractivity contribution in [3.63, 3.8) is 0 Å². The highest BCUT2D eigenvalue weighted by molar-refractivity contribution is 5.89. The van der Waals surface area contributed by atoms with Crippen LogP contribution in [-0.4, -0.2) is 30.2 Å². The minimum Gasteiger partial charge on any atom is -0.452 e. The Bertz CT molecular complexity index is 1440. The summed E-state index contributed by atoms with van der Waals surface area (Å²) in [7, 11) is 0. The predicted molar refractivity (Wildman–Crippen MR) is 122 cm³/mol. The number of nitro groups is 1. The topological polar surface area (TPSA) is 105 Å². The summed E-state index contributed by atoms with van der Waals surface area (Å²) in [5, 5.41) is 15.3. The van der Waals surface area contributed by atoms with E-state index in [0.29, 0.717) is 18.7 Å². The lowest BCUT2D eigenvalue weighted by Crippen LogP contribution is -2.34. The fraction of sp³-hybridized carbons (Fsp3) is 0.240. The highest BCUT2D eigenvalue weighted by atomic mass is 19.1. The lowest BCUT2D eigenvalue weighted by molar-refractivity contribution is -0.384. The number of nitrogens with zero attached hydrogens (tertiary/aromatic N) is 5. The molecule has 10 heteroatoms. The number of hydrogen-bond donors (Lipinski definition) is 0. The molecule has 0 spiro atoms. The number of benzene rings is 2. The van der Waals surface area contributed by atoms with Crippen LogP contribution in [0.5, 0.6) is 0 Å². The molecule has 2 aromatic heterocycles. The molecular formula is C25H20FN5O4. The lowest BCUT2D eigenvalue weighted by Gasteiger charge is -2.36. The van der Waals surface area contributed by atoms with Crippen LogP contribution in [-0.2, 0) is 18.0 Å². The molecule has 2 aliphatic rings. The molecule has 2 aromatic carbocycles. The first kappa shape index (κ1) is 21.2. The van der Waals surface area contributed by atoms with E-state index in [-0.39, 0.29) is 28.9 Å². The van der Waals surface area contributed by atoms with Gasteiger partial charge in [0.2, 0.25) is 0 Å². The Morgan fingerprint density at radius 1 is 1.20 bits per heavy atom.